The number of benzene rings is 1. The van der Waals surface area contributed by atoms with Crippen LogP contribution < -0.4 is 11.0 Å². The van der Waals surface area contributed by atoms with E-state index in [0.717, 1.165) is 5.69 Å². The Hall–Kier alpha value is -2.06. The molecule has 1 aromatic carbocycles. The Morgan fingerprint density at radius 2 is 2.17 bits per heavy atom. The smallest absolute Gasteiger partial charge is 0.343 e. The van der Waals surface area contributed by atoms with Crippen LogP contribution in [0.4, 0.5) is 5.69 Å². The molecule has 7 nitrogen and oxygen atoms in total. The van der Waals surface area contributed by atoms with Crippen molar-refractivity contribution in [2.24, 2.45) is 0 Å². The molecule has 0 saturated carbocycles. The molecule has 8 heteroatoms. The molecule has 1 atom stereocenters. The lowest BCUT2D eigenvalue weighted by Gasteiger charge is -2.12. The first-order chi connectivity index (χ1) is 11.1. The molecule has 1 unspecified atom stereocenters. The third kappa shape index (κ3) is 4.97. The maximum absolute atomic E-state index is 12.2. The van der Waals surface area contributed by atoms with Gasteiger partial charge in [-0.25, -0.2) is 9.89 Å². The zero-order chi connectivity index (χ0) is 16.7. The van der Waals surface area contributed by atoms with E-state index < -0.39 is 0 Å². The van der Waals surface area contributed by atoms with Gasteiger partial charge in [-0.3, -0.25) is 9.36 Å². The standard InChI is InChI=1S/C15H20N4O3S/c1-11(13(20)16-12-7-4-3-5-8-12)23-15-18-17-14(21)19(15)9-6-10-22-2/h3-5,7-8,11H,6,9-10H2,1-2H3,(H,16,20)(H,17,21). The van der Waals surface area contributed by atoms with Crippen LogP contribution in [0.2, 0.25) is 0 Å². The number of aromatic nitrogens is 3. The number of hydrogen-bond acceptors (Lipinski definition) is 5. The summed E-state index contributed by atoms with van der Waals surface area (Å²) in [6.45, 7) is 2.84. The number of carbonyl (C=O) groups excluding carboxylic acids is 1. The average Bonchev–Trinajstić information content (AvgIpc) is 2.89. The normalized spacial score (nSPS) is 12.1. The highest BCUT2D eigenvalue weighted by Crippen LogP contribution is 2.21. The second-order valence-electron chi connectivity index (χ2n) is 4.92. The van der Waals surface area contributed by atoms with Crippen LogP contribution in [0.25, 0.3) is 0 Å². The van der Waals surface area contributed by atoms with Gasteiger partial charge in [0.25, 0.3) is 0 Å². The van der Waals surface area contributed by atoms with Crippen molar-refractivity contribution in [2.45, 2.75) is 30.3 Å². The summed E-state index contributed by atoms with van der Waals surface area (Å²) in [6.07, 6.45) is 0.702. The minimum Gasteiger partial charge on any atom is -0.385 e. The lowest BCUT2D eigenvalue weighted by atomic mass is 10.3. The van der Waals surface area contributed by atoms with Crippen LogP contribution in [-0.2, 0) is 16.1 Å². The summed E-state index contributed by atoms with van der Waals surface area (Å²) in [4.78, 5) is 24.0. The van der Waals surface area contributed by atoms with Gasteiger partial charge >= 0.3 is 5.69 Å². The van der Waals surface area contributed by atoms with E-state index in [2.05, 4.69) is 15.5 Å². The molecule has 0 aliphatic heterocycles. The summed E-state index contributed by atoms with van der Waals surface area (Å²) < 4.78 is 6.51. The first-order valence-corrected chi connectivity index (χ1v) is 8.16. The Balaban J connectivity index is 1.98. The van der Waals surface area contributed by atoms with Crippen molar-refractivity contribution in [3.63, 3.8) is 0 Å². The van der Waals surface area contributed by atoms with Gasteiger partial charge in [0.2, 0.25) is 5.91 Å². The number of anilines is 1. The largest absolute Gasteiger partial charge is 0.385 e. The molecule has 1 amide bonds. The number of rotatable bonds is 8. The third-order valence-electron chi connectivity index (χ3n) is 3.15. The first-order valence-electron chi connectivity index (χ1n) is 7.28. The summed E-state index contributed by atoms with van der Waals surface area (Å²) in [7, 11) is 1.61. The molecule has 0 bridgehead atoms. The molecule has 2 rings (SSSR count). The Bertz CT molecular complexity index is 684. The SMILES string of the molecule is COCCCn1c(SC(C)C(=O)Nc2ccccc2)n[nH]c1=O. The number of nitrogens with zero attached hydrogens (tertiary/aromatic N) is 2. The molecule has 0 saturated heterocycles. The first kappa shape index (κ1) is 17.3. The minimum absolute atomic E-state index is 0.139. The fraction of sp³-hybridized carbons (Fsp3) is 0.400. The second-order valence-corrected chi connectivity index (χ2v) is 6.23. The number of amides is 1. The number of H-pyrrole nitrogens is 1. The number of aromatic amines is 1. The van der Waals surface area contributed by atoms with Gasteiger partial charge in [0.05, 0.1) is 5.25 Å². The van der Waals surface area contributed by atoms with Gasteiger partial charge in [0, 0.05) is 25.9 Å². The minimum atomic E-state index is -0.383. The van der Waals surface area contributed by atoms with Gasteiger partial charge in [0.15, 0.2) is 5.16 Å². The van der Waals surface area contributed by atoms with Crippen molar-refractivity contribution >= 4 is 23.4 Å². The van der Waals surface area contributed by atoms with E-state index in [1.54, 1.807) is 14.0 Å². The van der Waals surface area contributed by atoms with E-state index in [1.807, 2.05) is 30.3 Å². The predicted molar refractivity (Wildman–Crippen MR) is 89.7 cm³/mol. The number of hydrogen-bond donors (Lipinski definition) is 2. The summed E-state index contributed by atoms with van der Waals surface area (Å²) in [5, 5.41) is 9.37. The van der Waals surface area contributed by atoms with Crippen molar-refractivity contribution in [1.29, 1.82) is 0 Å². The Morgan fingerprint density at radius 1 is 1.43 bits per heavy atom. The number of carbonyl (C=O) groups is 1. The third-order valence-corrected chi connectivity index (χ3v) is 4.24. The quantitative estimate of drug-likeness (QED) is 0.566. The maximum atomic E-state index is 12.2. The Labute approximate surface area is 138 Å². The number of methoxy groups -OCH3 is 1. The number of nitrogens with one attached hydrogen (secondary N) is 2. The molecule has 0 fully saturated rings. The molecule has 0 aliphatic rings. The molecular formula is C15H20N4O3S. The van der Waals surface area contributed by atoms with E-state index in [9.17, 15) is 9.59 Å². The van der Waals surface area contributed by atoms with E-state index in [1.165, 1.54) is 16.3 Å². The second kappa shape index (κ2) is 8.54. The van der Waals surface area contributed by atoms with Crippen LogP contribution in [0.1, 0.15) is 13.3 Å². The van der Waals surface area contributed by atoms with Crippen LogP contribution in [0, 0.1) is 0 Å². The molecule has 1 aromatic heterocycles. The van der Waals surface area contributed by atoms with Crippen LogP contribution in [0.3, 0.4) is 0 Å². The van der Waals surface area contributed by atoms with Gasteiger partial charge in [-0.1, -0.05) is 30.0 Å². The summed E-state index contributed by atoms with van der Waals surface area (Å²) >= 11 is 1.24. The van der Waals surface area contributed by atoms with Crippen LogP contribution in [0.5, 0.6) is 0 Å². The molecule has 124 valence electrons. The fourth-order valence-corrected chi connectivity index (χ4v) is 2.82. The topological polar surface area (TPSA) is 89.0 Å². The monoisotopic (exact) mass is 336 g/mol. The number of ether oxygens (including phenoxy) is 1. The highest BCUT2D eigenvalue weighted by Gasteiger charge is 2.19. The summed E-state index contributed by atoms with van der Waals surface area (Å²) in [5.74, 6) is -0.139. The molecule has 0 radical (unpaired) electrons. The van der Waals surface area contributed by atoms with Crippen molar-refractivity contribution in [1.82, 2.24) is 14.8 Å². The van der Waals surface area contributed by atoms with Crippen molar-refractivity contribution in [3.05, 3.63) is 40.8 Å². The maximum Gasteiger partial charge on any atom is 0.343 e. The van der Waals surface area contributed by atoms with Crippen molar-refractivity contribution in [2.75, 3.05) is 19.0 Å². The van der Waals surface area contributed by atoms with Crippen LogP contribution in [0.15, 0.2) is 40.3 Å². The van der Waals surface area contributed by atoms with E-state index in [0.29, 0.717) is 24.7 Å². The van der Waals surface area contributed by atoms with Gasteiger partial charge in [-0.2, -0.15) is 0 Å². The molecule has 1 heterocycles. The highest BCUT2D eigenvalue weighted by atomic mass is 32.2. The van der Waals surface area contributed by atoms with E-state index in [-0.39, 0.29) is 16.8 Å². The number of para-hydroxylation sites is 1. The lowest BCUT2D eigenvalue weighted by molar-refractivity contribution is -0.115. The average molecular weight is 336 g/mol. The summed E-state index contributed by atoms with van der Waals surface area (Å²) in [5.41, 5.74) is 0.462. The zero-order valence-corrected chi connectivity index (χ0v) is 13.9. The molecule has 2 N–H and O–H groups in total. The fourth-order valence-electron chi connectivity index (χ4n) is 1.93. The van der Waals surface area contributed by atoms with Gasteiger partial charge in [-0.05, 0) is 25.5 Å². The van der Waals surface area contributed by atoms with Crippen LogP contribution in [-0.4, -0.2) is 39.6 Å². The van der Waals surface area contributed by atoms with Gasteiger partial charge < -0.3 is 10.1 Å². The van der Waals surface area contributed by atoms with E-state index >= 15 is 0 Å². The predicted octanol–water partition coefficient (Wildman–Crippen LogP) is 1.73. The molecular weight excluding hydrogens is 316 g/mol. The zero-order valence-electron chi connectivity index (χ0n) is 13.1. The molecule has 2 aromatic rings. The Kier molecular flexibility index (Phi) is 6.42. The molecule has 0 aliphatic carbocycles. The molecule has 23 heavy (non-hydrogen) atoms. The number of thioether (sulfide) groups is 1. The summed E-state index contributed by atoms with van der Waals surface area (Å²) in [6, 6.07) is 9.24. The van der Waals surface area contributed by atoms with Crippen molar-refractivity contribution < 1.29 is 9.53 Å². The van der Waals surface area contributed by atoms with Gasteiger partial charge in [0.1, 0.15) is 0 Å². The van der Waals surface area contributed by atoms with Gasteiger partial charge in [-0.15, -0.1) is 5.10 Å². The van der Waals surface area contributed by atoms with E-state index in [4.69, 9.17) is 4.74 Å². The van der Waals surface area contributed by atoms with Crippen LogP contribution >= 0.6 is 11.8 Å². The lowest BCUT2D eigenvalue weighted by Crippen LogP contribution is -2.24. The Morgan fingerprint density at radius 3 is 2.87 bits per heavy atom. The highest BCUT2D eigenvalue weighted by molar-refractivity contribution is 8.00. The molecule has 0 spiro atoms. The van der Waals surface area contributed by atoms with Crippen molar-refractivity contribution in [3.8, 4) is 0 Å².